The minimum atomic E-state index is -4.44. The predicted octanol–water partition coefficient (Wildman–Crippen LogP) is 3.79. The Kier molecular flexibility index (Phi) is 6.40. The van der Waals surface area contributed by atoms with Gasteiger partial charge in [0, 0.05) is 18.3 Å². The molecule has 1 unspecified atom stereocenters. The fourth-order valence-corrected chi connectivity index (χ4v) is 2.24. The molecule has 0 aliphatic heterocycles. The molecule has 7 heteroatoms. The molecule has 0 saturated carbocycles. The zero-order chi connectivity index (χ0) is 18.5. The van der Waals surface area contributed by atoms with E-state index in [0.717, 1.165) is 12.3 Å². The molecule has 0 aliphatic carbocycles. The van der Waals surface area contributed by atoms with Gasteiger partial charge >= 0.3 is 6.18 Å². The van der Waals surface area contributed by atoms with Crippen LogP contribution in [0.5, 0.6) is 0 Å². The van der Waals surface area contributed by atoms with Gasteiger partial charge in [0.1, 0.15) is 11.9 Å². The van der Waals surface area contributed by atoms with Crippen molar-refractivity contribution in [2.75, 3.05) is 11.4 Å². The highest BCUT2D eigenvalue weighted by molar-refractivity contribution is 5.85. The number of rotatable bonds is 6. The van der Waals surface area contributed by atoms with Gasteiger partial charge in [-0.2, -0.15) is 13.2 Å². The van der Waals surface area contributed by atoms with E-state index in [1.54, 1.807) is 11.0 Å². The van der Waals surface area contributed by atoms with Crippen LogP contribution in [0.2, 0.25) is 0 Å². The first-order valence-corrected chi connectivity index (χ1v) is 7.72. The topological polar surface area (TPSA) is 45.2 Å². The molecule has 0 fully saturated rings. The summed E-state index contributed by atoms with van der Waals surface area (Å²) in [6.45, 7) is 11.4. The van der Waals surface area contributed by atoms with Crippen LogP contribution in [-0.4, -0.2) is 29.0 Å². The number of hydrogen-bond donors (Lipinski definition) is 1. The molecule has 0 aromatic carbocycles. The first-order valence-electron chi connectivity index (χ1n) is 7.72. The average Bonchev–Trinajstić information content (AvgIpc) is 2.44. The number of amides is 1. The molecular weight excluding hydrogens is 319 g/mol. The molecule has 1 aromatic rings. The maximum atomic E-state index is 12.7. The Bertz CT molecular complexity index is 562. The molecule has 0 spiro atoms. The van der Waals surface area contributed by atoms with Crippen LogP contribution in [0.4, 0.5) is 19.0 Å². The Morgan fingerprint density at radius 1 is 1.38 bits per heavy atom. The highest BCUT2D eigenvalue weighted by Gasteiger charge is 2.32. The number of pyridine rings is 1. The van der Waals surface area contributed by atoms with Crippen LogP contribution in [0.3, 0.4) is 0 Å². The molecule has 24 heavy (non-hydrogen) atoms. The smallest absolute Gasteiger partial charge is 0.350 e. The molecular formula is C17H24F3N3O. The van der Waals surface area contributed by atoms with Crippen LogP contribution in [0, 0.1) is 0 Å². The van der Waals surface area contributed by atoms with Crippen LogP contribution in [-0.2, 0) is 11.0 Å². The third-order valence-corrected chi connectivity index (χ3v) is 3.26. The Hall–Kier alpha value is -2.05. The van der Waals surface area contributed by atoms with Gasteiger partial charge in [0.05, 0.1) is 5.56 Å². The van der Waals surface area contributed by atoms with Crippen molar-refractivity contribution in [3.05, 3.63) is 36.5 Å². The van der Waals surface area contributed by atoms with E-state index in [4.69, 9.17) is 0 Å². The van der Waals surface area contributed by atoms with E-state index in [9.17, 15) is 18.0 Å². The highest BCUT2D eigenvalue weighted by atomic mass is 19.4. The lowest BCUT2D eigenvalue weighted by molar-refractivity contribution is -0.137. The van der Waals surface area contributed by atoms with Crippen molar-refractivity contribution in [1.29, 1.82) is 0 Å². The third kappa shape index (κ3) is 5.54. The van der Waals surface area contributed by atoms with Gasteiger partial charge in [-0.05, 0) is 39.3 Å². The maximum absolute atomic E-state index is 12.7. The summed E-state index contributed by atoms with van der Waals surface area (Å²) in [6, 6.07) is 1.69. The van der Waals surface area contributed by atoms with E-state index in [2.05, 4.69) is 16.9 Å². The summed E-state index contributed by atoms with van der Waals surface area (Å²) in [5.74, 6) is 0.104. The molecule has 1 amide bonds. The first kappa shape index (κ1) is 20.0. The zero-order valence-corrected chi connectivity index (χ0v) is 14.4. The van der Waals surface area contributed by atoms with Crippen molar-refractivity contribution in [2.24, 2.45) is 0 Å². The number of hydrogen-bond acceptors (Lipinski definition) is 3. The van der Waals surface area contributed by atoms with E-state index in [-0.39, 0.29) is 5.91 Å². The monoisotopic (exact) mass is 343 g/mol. The first-order chi connectivity index (χ1) is 11.0. The average molecular weight is 343 g/mol. The Morgan fingerprint density at radius 3 is 2.38 bits per heavy atom. The Balaban J connectivity index is 3.11. The molecule has 1 heterocycles. The molecule has 0 saturated heterocycles. The van der Waals surface area contributed by atoms with Gasteiger partial charge in [-0.3, -0.25) is 4.79 Å². The largest absolute Gasteiger partial charge is 0.417 e. The lowest BCUT2D eigenvalue weighted by Crippen LogP contribution is -2.52. The number of alkyl halides is 3. The number of nitrogens with one attached hydrogen (secondary N) is 1. The van der Waals surface area contributed by atoms with Crippen molar-refractivity contribution in [2.45, 2.75) is 51.9 Å². The van der Waals surface area contributed by atoms with Gasteiger partial charge in [0.15, 0.2) is 0 Å². The molecule has 1 N–H and O–H groups in total. The van der Waals surface area contributed by atoms with Crippen molar-refractivity contribution in [3.63, 3.8) is 0 Å². The second kappa shape index (κ2) is 7.68. The lowest BCUT2D eigenvalue weighted by Gasteiger charge is -2.33. The summed E-state index contributed by atoms with van der Waals surface area (Å²) in [7, 11) is 0. The fraction of sp³-hybridized carbons (Fsp3) is 0.529. The van der Waals surface area contributed by atoms with Gasteiger partial charge in [0.25, 0.3) is 0 Å². The third-order valence-electron chi connectivity index (χ3n) is 3.26. The van der Waals surface area contributed by atoms with E-state index < -0.39 is 23.3 Å². The number of halogens is 3. The van der Waals surface area contributed by atoms with Gasteiger partial charge in [0.2, 0.25) is 5.91 Å². The quantitative estimate of drug-likeness (QED) is 0.800. The summed E-state index contributed by atoms with van der Waals surface area (Å²) >= 11 is 0. The molecule has 4 nitrogen and oxygen atoms in total. The predicted molar refractivity (Wildman–Crippen MR) is 88.8 cm³/mol. The van der Waals surface area contributed by atoms with E-state index >= 15 is 0 Å². The van der Waals surface area contributed by atoms with Crippen LogP contribution in [0.1, 0.15) is 39.7 Å². The maximum Gasteiger partial charge on any atom is 0.417 e. The Labute approximate surface area is 140 Å². The zero-order valence-electron chi connectivity index (χ0n) is 14.4. The van der Waals surface area contributed by atoms with Crippen LogP contribution in [0.15, 0.2) is 31.0 Å². The summed E-state index contributed by atoms with van der Waals surface area (Å²) in [6.07, 6.45) is -1.59. The van der Waals surface area contributed by atoms with Crippen LogP contribution in [0.25, 0.3) is 0 Å². The standard InChI is InChI=1S/C17H24F3N3O/c1-6-10-23(13(7-2)15(24)22-16(3,4)5)14-9-8-12(11-21-14)17(18,19)20/h6,8-9,11,13H,1,7,10H2,2-5H3,(H,22,24). The second-order valence-electron chi connectivity index (χ2n) is 6.51. The SMILES string of the molecule is C=CCN(c1ccc(C(F)(F)F)cn1)C(CC)C(=O)NC(C)(C)C. The van der Waals surface area contributed by atoms with E-state index in [1.807, 2.05) is 27.7 Å². The van der Waals surface area contributed by atoms with E-state index in [1.165, 1.54) is 6.07 Å². The van der Waals surface area contributed by atoms with Crippen molar-refractivity contribution in [1.82, 2.24) is 10.3 Å². The normalized spacial score (nSPS) is 13.3. The number of nitrogens with zero attached hydrogens (tertiary/aromatic N) is 2. The van der Waals surface area contributed by atoms with E-state index in [0.29, 0.717) is 18.8 Å². The molecule has 134 valence electrons. The second-order valence-corrected chi connectivity index (χ2v) is 6.51. The van der Waals surface area contributed by atoms with Crippen molar-refractivity contribution < 1.29 is 18.0 Å². The Morgan fingerprint density at radius 2 is 2.00 bits per heavy atom. The van der Waals surface area contributed by atoms with Crippen molar-refractivity contribution >= 4 is 11.7 Å². The molecule has 0 radical (unpaired) electrons. The summed E-state index contributed by atoms with van der Waals surface area (Å²) in [5, 5.41) is 2.89. The van der Waals surface area contributed by atoms with Crippen LogP contribution >= 0.6 is 0 Å². The number of carbonyl (C=O) groups is 1. The van der Waals surface area contributed by atoms with Gasteiger partial charge in [-0.1, -0.05) is 13.0 Å². The highest BCUT2D eigenvalue weighted by Crippen LogP contribution is 2.29. The lowest BCUT2D eigenvalue weighted by atomic mass is 10.1. The minimum Gasteiger partial charge on any atom is -0.350 e. The molecule has 1 aromatic heterocycles. The number of anilines is 1. The minimum absolute atomic E-state index is 0.200. The molecule has 1 atom stereocenters. The van der Waals surface area contributed by atoms with Gasteiger partial charge in [-0.15, -0.1) is 6.58 Å². The molecule has 0 bridgehead atoms. The number of aromatic nitrogens is 1. The van der Waals surface area contributed by atoms with Gasteiger partial charge < -0.3 is 10.2 Å². The summed E-state index contributed by atoms with van der Waals surface area (Å²) in [5.41, 5.74) is -1.23. The van der Waals surface area contributed by atoms with Gasteiger partial charge in [-0.25, -0.2) is 4.98 Å². The summed E-state index contributed by atoms with van der Waals surface area (Å²) in [4.78, 5) is 18.0. The van der Waals surface area contributed by atoms with Crippen LogP contribution < -0.4 is 10.2 Å². The fourth-order valence-electron chi connectivity index (χ4n) is 2.24. The summed E-state index contributed by atoms with van der Waals surface area (Å²) < 4.78 is 38.0. The molecule has 1 rings (SSSR count). The van der Waals surface area contributed by atoms with Crippen molar-refractivity contribution in [3.8, 4) is 0 Å². The number of carbonyl (C=O) groups excluding carboxylic acids is 1. The molecule has 0 aliphatic rings.